The Morgan fingerprint density at radius 3 is 2.36 bits per heavy atom. The summed E-state index contributed by atoms with van der Waals surface area (Å²) < 4.78 is 0. The highest BCUT2D eigenvalue weighted by atomic mass is 35.5. The molecule has 0 spiro atoms. The van der Waals surface area contributed by atoms with E-state index >= 15 is 0 Å². The Hall–Kier alpha value is -2.83. The summed E-state index contributed by atoms with van der Waals surface area (Å²) in [5, 5.41) is 4.67. The fourth-order valence-electron chi connectivity index (χ4n) is 7.20. The van der Waals surface area contributed by atoms with E-state index in [0.29, 0.717) is 12.1 Å². The molecular weight excluding hydrogens is 542 g/mol. The number of urea groups is 1. The smallest absolute Gasteiger partial charge is 0.322 e. The van der Waals surface area contributed by atoms with E-state index in [2.05, 4.69) is 81.5 Å². The first kappa shape index (κ1) is 30.6. The van der Waals surface area contributed by atoms with Crippen molar-refractivity contribution in [1.82, 2.24) is 15.2 Å². The summed E-state index contributed by atoms with van der Waals surface area (Å²) in [5.74, 6) is 0. The number of nitrogens with zero attached hydrogens (tertiary/aromatic N) is 4. The van der Waals surface area contributed by atoms with E-state index in [4.69, 9.17) is 4.98 Å². The standard InChI is InChI=1S/C35H47N5O.ClH/c1-27-18-19-32-33(36-27)16-9-17-34(32)39-24-22-38(23-25-39)21-20-28-10-8-15-31(26-28)40(30-13-6-3-7-14-30)35(41)37-29-11-4-2-5-12-29;/h8-10,15-19,26,29-30H,2-7,11-14,20-25H2,1H3,(H,37,41);1H. The zero-order chi connectivity index (χ0) is 28.0. The topological polar surface area (TPSA) is 51.7 Å². The van der Waals surface area contributed by atoms with Crippen LogP contribution in [0.2, 0.25) is 0 Å². The second-order valence-corrected chi connectivity index (χ2v) is 12.5. The monoisotopic (exact) mass is 589 g/mol. The van der Waals surface area contributed by atoms with Gasteiger partial charge in [-0.2, -0.15) is 0 Å². The van der Waals surface area contributed by atoms with Crippen molar-refractivity contribution in [2.75, 3.05) is 42.5 Å². The molecule has 42 heavy (non-hydrogen) atoms. The maximum Gasteiger partial charge on any atom is 0.322 e. The summed E-state index contributed by atoms with van der Waals surface area (Å²) in [6.45, 7) is 7.29. The van der Waals surface area contributed by atoms with Crippen LogP contribution in [0.15, 0.2) is 54.6 Å². The summed E-state index contributed by atoms with van der Waals surface area (Å²) in [6.07, 6.45) is 13.0. The van der Waals surface area contributed by atoms with Crippen LogP contribution in [-0.2, 0) is 6.42 Å². The van der Waals surface area contributed by atoms with Gasteiger partial charge in [0, 0.05) is 67.3 Å². The molecule has 2 aromatic carbocycles. The number of fused-ring (bicyclic) bond motifs is 1. The predicted molar refractivity (Wildman–Crippen MR) is 177 cm³/mol. The first-order valence-electron chi connectivity index (χ1n) is 16.2. The molecule has 0 radical (unpaired) electrons. The van der Waals surface area contributed by atoms with Crippen molar-refractivity contribution < 1.29 is 4.79 Å². The van der Waals surface area contributed by atoms with Crippen LogP contribution < -0.4 is 15.1 Å². The lowest BCUT2D eigenvalue weighted by molar-refractivity contribution is 0.233. The van der Waals surface area contributed by atoms with E-state index in [1.165, 1.54) is 55.2 Å². The molecule has 0 atom stereocenters. The molecule has 226 valence electrons. The van der Waals surface area contributed by atoms with Gasteiger partial charge in [0.2, 0.25) is 0 Å². The maximum absolute atomic E-state index is 13.7. The summed E-state index contributed by atoms with van der Waals surface area (Å²) in [7, 11) is 0. The minimum atomic E-state index is 0. The highest BCUT2D eigenvalue weighted by Gasteiger charge is 2.29. The number of nitrogens with one attached hydrogen (secondary N) is 1. The molecule has 1 aliphatic heterocycles. The molecule has 0 unspecified atom stereocenters. The fraction of sp³-hybridized carbons (Fsp3) is 0.543. The fourth-order valence-corrected chi connectivity index (χ4v) is 7.20. The van der Waals surface area contributed by atoms with Gasteiger partial charge in [-0.15, -0.1) is 12.4 Å². The van der Waals surface area contributed by atoms with Crippen molar-refractivity contribution >= 4 is 40.7 Å². The van der Waals surface area contributed by atoms with E-state index in [-0.39, 0.29) is 18.4 Å². The zero-order valence-corrected chi connectivity index (χ0v) is 26.1. The lowest BCUT2D eigenvalue weighted by atomic mass is 9.93. The highest BCUT2D eigenvalue weighted by Crippen LogP contribution is 2.30. The number of aryl methyl sites for hydroxylation is 1. The number of amides is 2. The van der Waals surface area contributed by atoms with Gasteiger partial charge in [0.15, 0.2) is 0 Å². The normalized spacial score (nSPS) is 18.9. The van der Waals surface area contributed by atoms with Gasteiger partial charge in [0.25, 0.3) is 0 Å². The van der Waals surface area contributed by atoms with Crippen LogP contribution in [0.4, 0.5) is 16.2 Å². The Morgan fingerprint density at radius 1 is 0.881 bits per heavy atom. The molecule has 1 saturated heterocycles. The first-order valence-corrected chi connectivity index (χ1v) is 16.2. The Balaban J connectivity index is 0.00000353. The number of rotatable bonds is 7. The van der Waals surface area contributed by atoms with Crippen LogP contribution in [0.25, 0.3) is 10.9 Å². The lowest BCUT2D eigenvalue weighted by Gasteiger charge is -2.37. The average Bonchev–Trinajstić information content (AvgIpc) is 3.01. The third-order valence-corrected chi connectivity index (χ3v) is 9.56. The van der Waals surface area contributed by atoms with Crippen LogP contribution in [0.1, 0.15) is 75.5 Å². The van der Waals surface area contributed by atoms with Crippen LogP contribution >= 0.6 is 12.4 Å². The van der Waals surface area contributed by atoms with E-state index < -0.39 is 0 Å². The molecular formula is C35H48ClN5O. The summed E-state index contributed by atoms with van der Waals surface area (Å²) in [6, 6.07) is 20.4. The van der Waals surface area contributed by atoms with Crippen molar-refractivity contribution in [3.63, 3.8) is 0 Å². The number of anilines is 2. The molecule has 2 aliphatic carbocycles. The van der Waals surface area contributed by atoms with E-state index in [0.717, 1.165) is 81.7 Å². The number of hydrogen-bond acceptors (Lipinski definition) is 4. The number of carbonyl (C=O) groups excluding carboxylic acids is 1. The van der Waals surface area contributed by atoms with Crippen LogP contribution in [-0.4, -0.2) is 60.7 Å². The van der Waals surface area contributed by atoms with Gasteiger partial charge in [-0.05, 0) is 81.0 Å². The Kier molecular flexibility index (Phi) is 10.6. The summed E-state index contributed by atoms with van der Waals surface area (Å²) in [4.78, 5) is 25.6. The Bertz CT molecular complexity index is 1310. The number of halogens is 1. The third-order valence-electron chi connectivity index (χ3n) is 9.56. The SMILES string of the molecule is Cc1ccc2c(N3CCN(CCc4cccc(N(C(=O)NC5CCCCC5)C5CCCCC5)c4)CC3)cccc2n1.Cl. The predicted octanol–water partition coefficient (Wildman–Crippen LogP) is 7.51. The lowest BCUT2D eigenvalue weighted by Crippen LogP contribution is -2.50. The number of piperazine rings is 1. The number of pyridine rings is 1. The van der Waals surface area contributed by atoms with Crippen molar-refractivity contribution in [2.45, 2.75) is 89.6 Å². The molecule has 1 aromatic heterocycles. The molecule has 2 amide bonds. The highest BCUT2D eigenvalue weighted by molar-refractivity contribution is 5.93. The summed E-state index contributed by atoms with van der Waals surface area (Å²) >= 11 is 0. The van der Waals surface area contributed by atoms with Crippen molar-refractivity contribution in [3.05, 3.63) is 65.9 Å². The first-order chi connectivity index (χ1) is 20.1. The van der Waals surface area contributed by atoms with Gasteiger partial charge >= 0.3 is 6.03 Å². The molecule has 3 fully saturated rings. The second-order valence-electron chi connectivity index (χ2n) is 12.5. The van der Waals surface area contributed by atoms with E-state index in [9.17, 15) is 4.79 Å². The zero-order valence-electron chi connectivity index (χ0n) is 25.3. The van der Waals surface area contributed by atoms with Crippen LogP contribution in [0.3, 0.4) is 0 Å². The van der Waals surface area contributed by atoms with Gasteiger partial charge in [-0.3, -0.25) is 14.8 Å². The van der Waals surface area contributed by atoms with Gasteiger partial charge in [0.05, 0.1) is 5.52 Å². The van der Waals surface area contributed by atoms with Gasteiger partial charge in [0.1, 0.15) is 0 Å². The number of benzene rings is 2. The molecule has 2 heterocycles. The van der Waals surface area contributed by atoms with Crippen molar-refractivity contribution in [3.8, 4) is 0 Å². The summed E-state index contributed by atoms with van der Waals surface area (Å²) in [5.41, 5.74) is 5.85. The van der Waals surface area contributed by atoms with Gasteiger partial charge < -0.3 is 10.2 Å². The number of aromatic nitrogens is 1. The minimum Gasteiger partial charge on any atom is -0.368 e. The molecule has 3 aliphatic rings. The minimum absolute atomic E-state index is 0. The van der Waals surface area contributed by atoms with Crippen LogP contribution in [0.5, 0.6) is 0 Å². The van der Waals surface area contributed by atoms with Crippen molar-refractivity contribution in [1.29, 1.82) is 0 Å². The molecule has 2 saturated carbocycles. The molecule has 6 nitrogen and oxygen atoms in total. The molecule has 6 rings (SSSR count). The number of carbonyl (C=O) groups is 1. The Labute approximate surface area is 258 Å². The van der Waals surface area contributed by atoms with Gasteiger partial charge in [-0.1, -0.05) is 56.7 Å². The second kappa shape index (κ2) is 14.6. The molecule has 7 heteroatoms. The maximum atomic E-state index is 13.7. The van der Waals surface area contributed by atoms with E-state index in [1.807, 2.05) is 0 Å². The molecule has 3 aromatic rings. The third kappa shape index (κ3) is 7.38. The quantitative estimate of drug-likeness (QED) is 0.310. The largest absolute Gasteiger partial charge is 0.368 e. The average molecular weight is 590 g/mol. The molecule has 0 bridgehead atoms. The molecule has 1 N–H and O–H groups in total. The van der Waals surface area contributed by atoms with Gasteiger partial charge in [-0.25, -0.2) is 4.79 Å². The van der Waals surface area contributed by atoms with E-state index in [1.54, 1.807) is 0 Å². The van der Waals surface area contributed by atoms with Crippen molar-refractivity contribution in [2.24, 2.45) is 0 Å². The Morgan fingerprint density at radius 2 is 1.60 bits per heavy atom. The number of hydrogen-bond donors (Lipinski definition) is 1. The van der Waals surface area contributed by atoms with Crippen LogP contribution in [0, 0.1) is 6.92 Å².